The molecule has 0 aromatic heterocycles. The minimum Gasteiger partial charge on any atom is -0.480 e. The Bertz CT molecular complexity index is 350. The molecule has 1 saturated carbocycles. The Balaban J connectivity index is 2.72. The molecule has 1 rings (SSSR count). The standard InChI is InChI=1S/C14H25NO5/c1-14(2,3)20-13(19)15-11(12(17)18)9-7-5-4-6-8-10(9)16/h9-11,16H,4-8H2,1-3H3,(H,15,19)(H,17,18). The molecule has 6 heteroatoms. The lowest BCUT2D eigenvalue weighted by Gasteiger charge is -2.28. The fourth-order valence-electron chi connectivity index (χ4n) is 2.49. The fourth-order valence-corrected chi connectivity index (χ4v) is 2.49. The van der Waals surface area contributed by atoms with E-state index in [1.807, 2.05) is 0 Å². The van der Waals surface area contributed by atoms with Crippen LogP contribution in [-0.4, -0.2) is 40.0 Å². The molecular weight excluding hydrogens is 262 g/mol. The highest BCUT2D eigenvalue weighted by Gasteiger charge is 2.36. The first kappa shape index (κ1) is 16.8. The van der Waals surface area contributed by atoms with E-state index in [1.165, 1.54) is 0 Å². The maximum atomic E-state index is 11.7. The second kappa shape index (κ2) is 6.92. The number of carboxylic acids is 1. The Kier molecular flexibility index (Phi) is 5.80. The molecule has 0 saturated heterocycles. The van der Waals surface area contributed by atoms with E-state index in [2.05, 4.69) is 5.32 Å². The zero-order chi connectivity index (χ0) is 15.3. The van der Waals surface area contributed by atoms with Crippen LogP contribution in [0.15, 0.2) is 0 Å². The van der Waals surface area contributed by atoms with Crippen LogP contribution in [0.1, 0.15) is 52.9 Å². The van der Waals surface area contributed by atoms with Gasteiger partial charge in [-0.15, -0.1) is 0 Å². The number of carbonyl (C=O) groups is 2. The zero-order valence-corrected chi connectivity index (χ0v) is 12.4. The summed E-state index contributed by atoms with van der Waals surface area (Å²) in [5.74, 6) is -1.61. The van der Waals surface area contributed by atoms with Crippen molar-refractivity contribution in [2.24, 2.45) is 5.92 Å². The second-order valence-corrected chi connectivity index (χ2v) is 6.33. The van der Waals surface area contributed by atoms with E-state index >= 15 is 0 Å². The molecule has 0 aromatic rings. The first-order valence-corrected chi connectivity index (χ1v) is 7.11. The van der Waals surface area contributed by atoms with Gasteiger partial charge in [-0.2, -0.15) is 0 Å². The van der Waals surface area contributed by atoms with Gasteiger partial charge >= 0.3 is 12.1 Å². The Morgan fingerprint density at radius 1 is 1.20 bits per heavy atom. The lowest BCUT2D eigenvalue weighted by atomic mass is 9.89. The molecule has 6 nitrogen and oxygen atoms in total. The molecule has 0 radical (unpaired) electrons. The summed E-state index contributed by atoms with van der Waals surface area (Å²) in [4.78, 5) is 23.1. The number of carbonyl (C=O) groups excluding carboxylic acids is 1. The molecule has 1 aliphatic carbocycles. The number of hydrogen-bond donors (Lipinski definition) is 3. The minimum atomic E-state index is -1.14. The number of ether oxygens (including phenoxy) is 1. The number of carboxylic acid groups (broad SMARTS) is 1. The van der Waals surface area contributed by atoms with Crippen LogP contribution in [0.5, 0.6) is 0 Å². The third-order valence-corrected chi connectivity index (χ3v) is 3.40. The smallest absolute Gasteiger partial charge is 0.408 e. The highest BCUT2D eigenvalue weighted by atomic mass is 16.6. The van der Waals surface area contributed by atoms with E-state index in [0.29, 0.717) is 12.8 Å². The summed E-state index contributed by atoms with van der Waals surface area (Å²) in [6, 6.07) is -1.11. The molecule has 0 aromatic carbocycles. The number of rotatable bonds is 3. The Morgan fingerprint density at radius 2 is 1.80 bits per heavy atom. The number of nitrogens with one attached hydrogen (secondary N) is 1. The molecule has 1 aliphatic rings. The van der Waals surface area contributed by atoms with Crippen LogP contribution in [0.2, 0.25) is 0 Å². The molecule has 0 aliphatic heterocycles. The first-order valence-electron chi connectivity index (χ1n) is 7.11. The van der Waals surface area contributed by atoms with Gasteiger partial charge in [0.15, 0.2) is 0 Å². The zero-order valence-electron chi connectivity index (χ0n) is 12.4. The van der Waals surface area contributed by atoms with Crippen LogP contribution in [0.25, 0.3) is 0 Å². The number of hydrogen-bond acceptors (Lipinski definition) is 4. The molecule has 0 bridgehead atoms. The van der Waals surface area contributed by atoms with Crippen molar-refractivity contribution in [2.75, 3.05) is 0 Å². The lowest BCUT2D eigenvalue weighted by Crippen LogP contribution is -2.50. The van der Waals surface area contributed by atoms with E-state index in [1.54, 1.807) is 20.8 Å². The third kappa shape index (κ3) is 5.36. The Hall–Kier alpha value is -1.30. The van der Waals surface area contributed by atoms with Crippen molar-refractivity contribution in [1.29, 1.82) is 0 Å². The topological polar surface area (TPSA) is 95.9 Å². The summed E-state index contributed by atoms with van der Waals surface area (Å²) in [6.45, 7) is 5.13. The van der Waals surface area contributed by atoms with Gasteiger partial charge in [0, 0.05) is 5.92 Å². The van der Waals surface area contributed by atoms with Crippen LogP contribution in [-0.2, 0) is 9.53 Å². The van der Waals surface area contributed by atoms with Crippen LogP contribution >= 0.6 is 0 Å². The van der Waals surface area contributed by atoms with Gasteiger partial charge in [0.2, 0.25) is 0 Å². The monoisotopic (exact) mass is 287 g/mol. The van der Waals surface area contributed by atoms with E-state index in [-0.39, 0.29) is 0 Å². The van der Waals surface area contributed by atoms with Crippen molar-refractivity contribution in [1.82, 2.24) is 5.32 Å². The normalized spacial score (nSPS) is 25.4. The molecule has 0 spiro atoms. The van der Waals surface area contributed by atoms with Gasteiger partial charge in [0.05, 0.1) is 6.10 Å². The van der Waals surface area contributed by atoms with Gasteiger partial charge in [0.1, 0.15) is 11.6 Å². The Morgan fingerprint density at radius 3 is 2.35 bits per heavy atom. The van der Waals surface area contributed by atoms with Crippen molar-refractivity contribution < 1.29 is 24.5 Å². The molecule has 1 fully saturated rings. The van der Waals surface area contributed by atoms with E-state index < -0.39 is 35.7 Å². The van der Waals surface area contributed by atoms with Crippen LogP contribution in [0.3, 0.4) is 0 Å². The number of aliphatic hydroxyl groups excluding tert-OH is 1. The number of aliphatic carboxylic acids is 1. The number of alkyl carbamates (subject to hydrolysis) is 1. The maximum absolute atomic E-state index is 11.7. The molecule has 116 valence electrons. The van der Waals surface area contributed by atoms with Crippen LogP contribution in [0.4, 0.5) is 4.79 Å². The second-order valence-electron chi connectivity index (χ2n) is 6.33. The quantitative estimate of drug-likeness (QED) is 0.689. The van der Waals surface area contributed by atoms with Crippen molar-refractivity contribution >= 4 is 12.1 Å². The lowest BCUT2D eigenvalue weighted by molar-refractivity contribution is -0.142. The molecule has 1 amide bonds. The van der Waals surface area contributed by atoms with Gasteiger partial charge in [-0.1, -0.05) is 19.3 Å². The van der Waals surface area contributed by atoms with Gasteiger partial charge < -0.3 is 20.3 Å². The number of aliphatic hydroxyl groups is 1. The molecule has 3 N–H and O–H groups in total. The largest absolute Gasteiger partial charge is 0.480 e. The molecular formula is C14H25NO5. The minimum absolute atomic E-state index is 0.470. The van der Waals surface area contributed by atoms with Gasteiger partial charge in [-0.3, -0.25) is 0 Å². The van der Waals surface area contributed by atoms with Gasteiger partial charge in [0.25, 0.3) is 0 Å². The van der Waals surface area contributed by atoms with Gasteiger partial charge in [-0.25, -0.2) is 9.59 Å². The summed E-state index contributed by atoms with van der Waals surface area (Å²) >= 11 is 0. The molecule has 20 heavy (non-hydrogen) atoms. The molecule has 0 heterocycles. The summed E-state index contributed by atoms with van der Waals surface area (Å²) < 4.78 is 5.08. The van der Waals surface area contributed by atoms with Crippen molar-refractivity contribution in [3.8, 4) is 0 Å². The van der Waals surface area contributed by atoms with Crippen molar-refractivity contribution in [3.63, 3.8) is 0 Å². The van der Waals surface area contributed by atoms with E-state index in [4.69, 9.17) is 4.74 Å². The maximum Gasteiger partial charge on any atom is 0.408 e. The average molecular weight is 287 g/mol. The van der Waals surface area contributed by atoms with E-state index in [9.17, 15) is 19.8 Å². The SMILES string of the molecule is CC(C)(C)OC(=O)NC(C(=O)O)C1CCCCCC1O. The van der Waals surface area contributed by atoms with Crippen LogP contribution < -0.4 is 5.32 Å². The summed E-state index contributed by atoms with van der Waals surface area (Å²) in [5.41, 5.74) is -0.685. The van der Waals surface area contributed by atoms with Crippen molar-refractivity contribution in [2.45, 2.75) is 70.6 Å². The predicted octanol–water partition coefficient (Wildman–Crippen LogP) is 1.91. The van der Waals surface area contributed by atoms with Gasteiger partial charge in [-0.05, 0) is 33.6 Å². The fraction of sp³-hybridized carbons (Fsp3) is 0.857. The molecule has 3 unspecified atom stereocenters. The Labute approximate surface area is 119 Å². The third-order valence-electron chi connectivity index (χ3n) is 3.40. The van der Waals surface area contributed by atoms with E-state index in [0.717, 1.165) is 19.3 Å². The number of amides is 1. The predicted molar refractivity (Wildman–Crippen MR) is 73.4 cm³/mol. The first-order chi connectivity index (χ1) is 9.20. The summed E-state index contributed by atoms with van der Waals surface area (Å²) in [6.07, 6.45) is 2.43. The highest BCUT2D eigenvalue weighted by molar-refractivity contribution is 5.80. The summed E-state index contributed by atoms with van der Waals surface area (Å²) in [7, 11) is 0. The average Bonchev–Trinajstić information content (AvgIpc) is 2.48. The highest BCUT2D eigenvalue weighted by Crippen LogP contribution is 2.26. The summed E-state index contributed by atoms with van der Waals surface area (Å²) in [5, 5.41) is 21.7. The van der Waals surface area contributed by atoms with Crippen molar-refractivity contribution in [3.05, 3.63) is 0 Å². The molecule has 3 atom stereocenters. The van der Waals surface area contributed by atoms with Crippen LogP contribution in [0, 0.1) is 5.92 Å².